The number of anilines is 1. The number of nitrogens with two attached hydrogens (primary N) is 1. The molecule has 1 aromatic heterocycles. The fourth-order valence-electron chi connectivity index (χ4n) is 2.84. The van der Waals surface area contributed by atoms with Crippen LogP contribution in [0.1, 0.15) is 23.1 Å². The third-order valence-electron chi connectivity index (χ3n) is 4.42. The first-order chi connectivity index (χ1) is 13.4. The average molecular weight is 400 g/mol. The Balaban J connectivity index is 1.49. The monoisotopic (exact) mass is 400 g/mol. The van der Waals surface area contributed by atoms with E-state index < -0.39 is 17.9 Å². The van der Waals surface area contributed by atoms with Gasteiger partial charge in [-0.25, -0.2) is 4.63 Å². The Hall–Kier alpha value is -2.21. The lowest BCUT2D eigenvalue weighted by atomic mass is 10.2. The number of morpholine rings is 1. The number of aromatic nitrogens is 2. The number of hydrogen-bond acceptors (Lipinski definition) is 8. The number of nitrogens with zero attached hydrogens (tertiary/aromatic N) is 3. The van der Waals surface area contributed by atoms with E-state index in [-0.39, 0.29) is 0 Å². The lowest BCUT2D eigenvalue weighted by Gasteiger charge is -2.26. The predicted molar refractivity (Wildman–Crippen MR) is 95.3 cm³/mol. The molecule has 0 saturated carbocycles. The van der Waals surface area contributed by atoms with Gasteiger partial charge in [-0.2, -0.15) is 13.2 Å². The maximum Gasteiger partial charge on any atom is 0.416 e. The van der Waals surface area contributed by atoms with Gasteiger partial charge in [0.15, 0.2) is 0 Å². The molecule has 1 unspecified atom stereocenters. The van der Waals surface area contributed by atoms with E-state index in [9.17, 15) is 13.2 Å². The minimum absolute atomic E-state index is 0.402. The molecule has 0 spiro atoms. The second-order valence-electron chi connectivity index (χ2n) is 6.42. The molecule has 1 aliphatic rings. The van der Waals surface area contributed by atoms with Gasteiger partial charge in [0.2, 0.25) is 0 Å². The third kappa shape index (κ3) is 5.64. The van der Waals surface area contributed by atoms with Crippen LogP contribution in [-0.2, 0) is 17.5 Å². The van der Waals surface area contributed by atoms with Gasteiger partial charge in [0, 0.05) is 38.4 Å². The SMILES string of the molecule is NC(Nc1ccc(C(F)(F)F)cc1)c1nonc1CNCCN1CCOCC1. The number of ether oxygens (including phenoxy) is 1. The molecule has 0 amide bonds. The first kappa shape index (κ1) is 20.5. The van der Waals surface area contributed by atoms with E-state index in [0.29, 0.717) is 23.6 Å². The highest BCUT2D eigenvalue weighted by molar-refractivity contribution is 5.46. The molecule has 0 aliphatic carbocycles. The van der Waals surface area contributed by atoms with Crippen LogP contribution in [-0.4, -0.2) is 54.6 Å². The molecule has 154 valence electrons. The fraction of sp³-hybridized carbons (Fsp3) is 0.529. The normalized spacial score (nSPS) is 16.9. The molecule has 8 nitrogen and oxygen atoms in total. The standard InChI is InChI=1S/C17H23F3N6O2/c18-17(19,20)12-1-3-13(4-2-12)23-16(21)15-14(24-28-25-15)11-22-5-6-26-7-9-27-10-8-26/h1-4,16,22-23H,5-11,21H2. The van der Waals surface area contributed by atoms with E-state index in [0.717, 1.165) is 51.5 Å². The lowest BCUT2D eigenvalue weighted by molar-refractivity contribution is -0.137. The summed E-state index contributed by atoms with van der Waals surface area (Å²) in [5.74, 6) is 0. The highest BCUT2D eigenvalue weighted by Crippen LogP contribution is 2.30. The summed E-state index contributed by atoms with van der Waals surface area (Å²) >= 11 is 0. The number of halogens is 3. The number of benzene rings is 1. The van der Waals surface area contributed by atoms with Crippen molar-refractivity contribution in [1.29, 1.82) is 0 Å². The smallest absolute Gasteiger partial charge is 0.379 e. The first-order valence-corrected chi connectivity index (χ1v) is 8.95. The van der Waals surface area contributed by atoms with Crippen molar-refractivity contribution in [2.24, 2.45) is 5.73 Å². The van der Waals surface area contributed by atoms with Gasteiger partial charge in [-0.3, -0.25) is 4.90 Å². The van der Waals surface area contributed by atoms with Crippen molar-refractivity contribution in [3.8, 4) is 0 Å². The summed E-state index contributed by atoms with van der Waals surface area (Å²) in [6.45, 7) is 5.41. The van der Waals surface area contributed by atoms with Gasteiger partial charge in [-0.05, 0) is 24.3 Å². The first-order valence-electron chi connectivity index (χ1n) is 8.95. The Bertz CT molecular complexity index is 731. The molecule has 3 rings (SSSR count). The van der Waals surface area contributed by atoms with E-state index in [2.05, 4.69) is 25.8 Å². The van der Waals surface area contributed by atoms with E-state index in [1.165, 1.54) is 12.1 Å². The highest BCUT2D eigenvalue weighted by atomic mass is 19.4. The quantitative estimate of drug-likeness (QED) is 0.454. The van der Waals surface area contributed by atoms with Gasteiger partial charge in [-0.15, -0.1) is 0 Å². The highest BCUT2D eigenvalue weighted by Gasteiger charge is 2.30. The number of rotatable bonds is 8. The maximum absolute atomic E-state index is 12.6. The zero-order chi connectivity index (χ0) is 20.0. The Morgan fingerprint density at radius 3 is 2.54 bits per heavy atom. The molecule has 2 heterocycles. The lowest BCUT2D eigenvalue weighted by Crippen LogP contribution is -2.40. The van der Waals surface area contributed by atoms with Gasteiger partial charge in [-0.1, -0.05) is 10.3 Å². The summed E-state index contributed by atoms with van der Waals surface area (Å²) in [5, 5.41) is 13.8. The summed E-state index contributed by atoms with van der Waals surface area (Å²) in [7, 11) is 0. The molecular weight excluding hydrogens is 377 g/mol. The topological polar surface area (TPSA) is 101 Å². The average Bonchev–Trinajstić information content (AvgIpc) is 3.14. The van der Waals surface area contributed by atoms with E-state index in [1.54, 1.807) is 0 Å². The second-order valence-corrected chi connectivity index (χ2v) is 6.42. The van der Waals surface area contributed by atoms with Crippen molar-refractivity contribution in [3.05, 3.63) is 41.2 Å². The van der Waals surface area contributed by atoms with Crippen LogP contribution in [0.5, 0.6) is 0 Å². The van der Waals surface area contributed by atoms with Gasteiger partial charge in [0.25, 0.3) is 0 Å². The van der Waals surface area contributed by atoms with E-state index in [1.807, 2.05) is 0 Å². The van der Waals surface area contributed by atoms with Crippen LogP contribution in [0.4, 0.5) is 18.9 Å². The summed E-state index contributed by atoms with van der Waals surface area (Å²) in [6, 6.07) is 4.61. The van der Waals surface area contributed by atoms with Crippen LogP contribution in [0.15, 0.2) is 28.9 Å². The van der Waals surface area contributed by atoms with Crippen molar-refractivity contribution in [2.45, 2.75) is 18.9 Å². The molecule has 1 fully saturated rings. The summed E-state index contributed by atoms with van der Waals surface area (Å²) < 4.78 is 48.0. The van der Waals surface area contributed by atoms with Crippen LogP contribution in [0.25, 0.3) is 0 Å². The van der Waals surface area contributed by atoms with Gasteiger partial charge < -0.3 is 21.1 Å². The van der Waals surface area contributed by atoms with Crippen LogP contribution >= 0.6 is 0 Å². The van der Waals surface area contributed by atoms with Crippen molar-refractivity contribution in [1.82, 2.24) is 20.5 Å². The van der Waals surface area contributed by atoms with Gasteiger partial charge in [0.1, 0.15) is 17.6 Å². The van der Waals surface area contributed by atoms with Crippen LogP contribution in [0.2, 0.25) is 0 Å². The van der Waals surface area contributed by atoms with Gasteiger partial charge >= 0.3 is 6.18 Å². The zero-order valence-electron chi connectivity index (χ0n) is 15.2. The van der Waals surface area contributed by atoms with E-state index in [4.69, 9.17) is 15.1 Å². The van der Waals surface area contributed by atoms with Crippen molar-refractivity contribution < 1.29 is 22.5 Å². The van der Waals surface area contributed by atoms with Crippen LogP contribution in [0, 0.1) is 0 Å². The zero-order valence-corrected chi connectivity index (χ0v) is 15.2. The molecular formula is C17H23F3N6O2. The molecule has 11 heteroatoms. The molecule has 0 radical (unpaired) electrons. The molecule has 0 bridgehead atoms. The predicted octanol–water partition coefficient (Wildman–Crippen LogP) is 1.58. The second kappa shape index (κ2) is 9.32. The molecule has 28 heavy (non-hydrogen) atoms. The maximum atomic E-state index is 12.6. The Morgan fingerprint density at radius 1 is 1.14 bits per heavy atom. The molecule has 1 atom stereocenters. The largest absolute Gasteiger partial charge is 0.416 e. The van der Waals surface area contributed by atoms with Crippen molar-refractivity contribution >= 4 is 5.69 Å². The van der Waals surface area contributed by atoms with Crippen LogP contribution < -0.4 is 16.4 Å². The number of nitrogens with one attached hydrogen (secondary N) is 2. The Kier molecular flexibility index (Phi) is 6.83. The van der Waals surface area contributed by atoms with Gasteiger partial charge in [0.05, 0.1) is 18.8 Å². The number of hydrogen-bond donors (Lipinski definition) is 3. The summed E-state index contributed by atoms with van der Waals surface area (Å²) in [5.41, 5.74) is 6.74. The Morgan fingerprint density at radius 2 is 1.86 bits per heavy atom. The molecule has 1 saturated heterocycles. The number of alkyl halides is 3. The summed E-state index contributed by atoms with van der Waals surface area (Å²) in [4.78, 5) is 2.30. The van der Waals surface area contributed by atoms with Crippen molar-refractivity contribution in [3.63, 3.8) is 0 Å². The molecule has 1 aromatic carbocycles. The minimum Gasteiger partial charge on any atom is -0.379 e. The third-order valence-corrected chi connectivity index (χ3v) is 4.42. The molecule has 2 aromatic rings. The van der Waals surface area contributed by atoms with Crippen molar-refractivity contribution in [2.75, 3.05) is 44.7 Å². The fourth-order valence-corrected chi connectivity index (χ4v) is 2.84. The molecule has 1 aliphatic heterocycles. The van der Waals surface area contributed by atoms with E-state index >= 15 is 0 Å². The van der Waals surface area contributed by atoms with Crippen LogP contribution in [0.3, 0.4) is 0 Å². The Labute approximate surface area is 160 Å². The minimum atomic E-state index is -4.38. The summed E-state index contributed by atoms with van der Waals surface area (Å²) in [6.07, 6.45) is -5.14. The molecule has 4 N–H and O–H groups in total.